The first kappa shape index (κ1) is 15.8. The standard InChI is InChI=1S/C17H20ClFN2/c1-12(20-2)15-8-5-9-16(19)17(15)21(3)11-13-6-4-7-14(18)10-13/h4-10,12,20H,11H2,1-3H3. The van der Waals surface area contributed by atoms with Crippen molar-refractivity contribution in [3.63, 3.8) is 0 Å². The van der Waals surface area contributed by atoms with Crippen LogP contribution in [0.3, 0.4) is 0 Å². The van der Waals surface area contributed by atoms with Crippen molar-refractivity contribution < 1.29 is 4.39 Å². The van der Waals surface area contributed by atoms with E-state index < -0.39 is 0 Å². The maximum absolute atomic E-state index is 14.3. The summed E-state index contributed by atoms with van der Waals surface area (Å²) in [6.45, 7) is 2.62. The Kier molecular flexibility index (Phi) is 5.21. The van der Waals surface area contributed by atoms with Crippen LogP contribution in [0, 0.1) is 5.82 Å². The molecule has 112 valence electrons. The number of rotatable bonds is 5. The lowest BCUT2D eigenvalue weighted by Gasteiger charge is -2.25. The lowest BCUT2D eigenvalue weighted by molar-refractivity contribution is 0.602. The monoisotopic (exact) mass is 306 g/mol. The average molecular weight is 307 g/mol. The lowest BCUT2D eigenvalue weighted by atomic mass is 10.0. The summed E-state index contributed by atoms with van der Waals surface area (Å²) < 4.78 is 14.3. The SMILES string of the molecule is CNC(C)c1cccc(F)c1N(C)Cc1cccc(Cl)c1. The molecule has 0 bridgehead atoms. The third-order valence-electron chi connectivity index (χ3n) is 3.61. The number of nitrogens with one attached hydrogen (secondary N) is 1. The molecule has 0 heterocycles. The van der Waals surface area contributed by atoms with E-state index >= 15 is 0 Å². The molecule has 1 N–H and O–H groups in total. The molecule has 0 spiro atoms. The van der Waals surface area contributed by atoms with Gasteiger partial charge in [-0.3, -0.25) is 0 Å². The van der Waals surface area contributed by atoms with Gasteiger partial charge in [-0.1, -0.05) is 35.9 Å². The van der Waals surface area contributed by atoms with Gasteiger partial charge in [-0.05, 0) is 43.3 Å². The van der Waals surface area contributed by atoms with Gasteiger partial charge in [0.2, 0.25) is 0 Å². The van der Waals surface area contributed by atoms with E-state index in [0.29, 0.717) is 17.3 Å². The quantitative estimate of drug-likeness (QED) is 0.881. The van der Waals surface area contributed by atoms with Crippen molar-refractivity contribution >= 4 is 17.3 Å². The molecular formula is C17H20ClFN2. The Bertz CT molecular complexity index is 615. The summed E-state index contributed by atoms with van der Waals surface area (Å²) in [5.74, 6) is -0.209. The maximum Gasteiger partial charge on any atom is 0.146 e. The molecule has 1 atom stereocenters. The van der Waals surface area contributed by atoms with Crippen molar-refractivity contribution in [1.29, 1.82) is 0 Å². The van der Waals surface area contributed by atoms with Crippen molar-refractivity contribution in [1.82, 2.24) is 5.32 Å². The first-order chi connectivity index (χ1) is 10.0. The average Bonchev–Trinajstić information content (AvgIpc) is 2.46. The highest BCUT2D eigenvalue weighted by atomic mass is 35.5. The molecule has 2 nitrogen and oxygen atoms in total. The highest BCUT2D eigenvalue weighted by molar-refractivity contribution is 6.30. The summed E-state index contributed by atoms with van der Waals surface area (Å²) in [4.78, 5) is 1.92. The molecule has 2 rings (SSSR count). The Hall–Kier alpha value is -1.58. The molecular weight excluding hydrogens is 287 g/mol. The van der Waals surface area contributed by atoms with Crippen molar-refractivity contribution in [3.05, 3.63) is 64.4 Å². The first-order valence-corrected chi connectivity index (χ1v) is 7.32. The minimum Gasteiger partial charge on any atom is -0.368 e. The van der Waals surface area contributed by atoms with Crippen LogP contribution in [0.5, 0.6) is 0 Å². The van der Waals surface area contributed by atoms with E-state index in [1.165, 1.54) is 6.07 Å². The minimum atomic E-state index is -0.209. The molecule has 0 radical (unpaired) electrons. The molecule has 2 aromatic carbocycles. The third kappa shape index (κ3) is 3.74. The Morgan fingerprint density at radius 1 is 1.24 bits per heavy atom. The summed E-state index contributed by atoms with van der Waals surface area (Å²) in [5, 5.41) is 3.86. The zero-order valence-electron chi connectivity index (χ0n) is 12.5. The fraction of sp³-hybridized carbons (Fsp3) is 0.294. The molecule has 0 saturated heterocycles. The summed E-state index contributed by atoms with van der Waals surface area (Å²) in [7, 11) is 3.77. The zero-order chi connectivity index (χ0) is 15.4. The Labute approximate surface area is 130 Å². The van der Waals surface area contributed by atoms with Crippen molar-refractivity contribution in [3.8, 4) is 0 Å². The molecule has 0 amide bonds. The van der Waals surface area contributed by atoms with Crippen LogP contribution in [0.4, 0.5) is 10.1 Å². The lowest BCUT2D eigenvalue weighted by Crippen LogP contribution is -2.22. The van der Waals surface area contributed by atoms with Gasteiger partial charge in [-0.15, -0.1) is 0 Å². The van der Waals surface area contributed by atoms with Crippen LogP contribution in [0.1, 0.15) is 24.1 Å². The van der Waals surface area contributed by atoms with E-state index in [1.54, 1.807) is 6.07 Å². The van der Waals surface area contributed by atoms with Gasteiger partial charge in [0.05, 0.1) is 5.69 Å². The van der Waals surface area contributed by atoms with Gasteiger partial charge in [0.25, 0.3) is 0 Å². The second-order valence-corrected chi connectivity index (χ2v) is 5.61. The molecule has 21 heavy (non-hydrogen) atoms. The minimum absolute atomic E-state index is 0.0810. The molecule has 0 fully saturated rings. The third-order valence-corrected chi connectivity index (χ3v) is 3.84. The smallest absolute Gasteiger partial charge is 0.146 e. The fourth-order valence-electron chi connectivity index (χ4n) is 2.43. The van der Waals surface area contributed by atoms with Crippen LogP contribution in [0.2, 0.25) is 5.02 Å². The summed E-state index contributed by atoms with van der Waals surface area (Å²) >= 11 is 6.01. The van der Waals surface area contributed by atoms with E-state index in [0.717, 1.165) is 11.1 Å². The zero-order valence-corrected chi connectivity index (χ0v) is 13.3. The number of hydrogen-bond donors (Lipinski definition) is 1. The molecule has 0 saturated carbocycles. The van der Waals surface area contributed by atoms with Gasteiger partial charge < -0.3 is 10.2 Å². The number of para-hydroxylation sites is 1. The highest BCUT2D eigenvalue weighted by Crippen LogP contribution is 2.29. The van der Waals surface area contributed by atoms with Gasteiger partial charge in [-0.25, -0.2) is 4.39 Å². The van der Waals surface area contributed by atoms with E-state index in [1.807, 2.05) is 56.3 Å². The summed E-state index contributed by atoms with van der Waals surface area (Å²) in [6, 6.07) is 12.9. The Morgan fingerprint density at radius 3 is 2.62 bits per heavy atom. The van der Waals surface area contributed by atoms with Crippen molar-refractivity contribution in [2.75, 3.05) is 19.0 Å². The van der Waals surface area contributed by atoms with E-state index in [4.69, 9.17) is 11.6 Å². The molecule has 4 heteroatoms. The topological polar surface area (TPSA) is 15.3 Å². The number of anilines is 1. The Morgan fingerprint density at radius 2 is 1.95 bits per heavy atom. The predicted molar refractivity (Wildman–Crippen MR) is 87.4 cm³/mol. The number of halogens is 2. The van der Waals surface area contributed by atoms with Crippen molar-refractivity contribution in [2.24, 2.45) is 0 Å². The van der Waals surface area contributed by atoms with Crippen LogP contribution in [0.25, 0.3) is 0 Å². The van der Waals surface area contributed by atoms with Gasteiger partial charge in [0, 0.05) is 24.7 Å². The van der Waals surface area contributed by atoms with Gasteiger partial charge >= 0.3 is 0 Å². The van der Waals surface area contributed by atoms with E-state index in [9.17, 15) is 4.39 Å². The van der Waals surface area contributed by atoms with Crippen LogP contribution in [0.15, 0.2) is 42.5 Å². The molecule has 2 aromatic rings. The van der Waals surface area contributed by atoms with Gasteiger partial charge in [0.1, 0.15) is 5.82 Å². The number of hydrogen-bond acceptors (Lipinski definition) is 2. The maximum atomic E-state index is 14.3. The first-order valence-electron chi connectivity index (χ1n) is 6.94. The number of benzene rings is 2. The Balaban J connectivity index is 2.32. The second kappa shape index (κ2) is 6.92. The second-order valence-electron chi connectivity index (χ2n) is 5.17. The molecule has 0 aliphatic carbocycles. The predicted octanol–water partition coefficient (Wildman–Crippen LogP) is 4.40. The van der Waals surface area contributed by atoms with Crippen LogP contribution >= 0.6 is 11.6 Å². The molecule has 1 unspecified atom stereocenters. The van der Waals surface area contributed by atoms with Gasteiger partial charge in [0.15, 0.2) is 0 Å². The van der Waals surface area contributed by atoms with E-state index in [-0.39, 0.29) is 11.9 Å². The largest absolute Gasteiger partial charge is 0.368 e. The van der Waals surface area contributed by atoms with Gasteiger partial charge in [-0.2, -0.15) is 0 Å². The normalized spacial score (nSPS) is 12.2. The number of nitrogens with zero attached hydrogens (tertiary/aromatic N) is 1. The molecule has 0 aliphatic heterocycles. The van der Waals surface area contributed by atoms with E-state index in [2.05, 4.69) is 5.32 Å². The van der Waals surface area contributed by atoms with Crippen molar-refractivity contribution in [2.45, 2.75) is 19.5 Å². The molecule has 0 aromatic heterocycles. The van der Waals surface area contributed by atoms with Crippen LogP contribution in [-0.4, -0.2) is 14.1 Å². The highest BCUT2D eigenvalue weighted by Gasteiger charge is 2.16. The molecule has 0 aliphatic rings. The summed E-state index contributed by atoms with van der Waals surface area (Å²) in [5.41, 5.74) is 2.62. The summed E-state index contributed by atoms with van der Waals surface area (Å²) in [6.07, 6.45) is 0. The van der Waals surface area contributed by atoms with Crippen LogP contribution < -0.4 is 10.2 Å². The van der Waals surface area contributed by atoms with Crippen LogP contribution in [-0.2, 0) is 6.54 Å². The fourth-order valence-corrected chi connectivity index (χ4v) is 2.64.